The predicted molar refractivity (Wildman–Crippen MR) is 395 cm³/mol. The molecule has 0 aliphatic carbocycles. The molecular formula is C78H144O17P2. The van der Waals surface area contributed by atoms with Crippen molar-refractivity contribution in [3.05, 3.63) is 48.6 Å². The minimum atomic E-state index is -4.97. The van der Waals surface area contributed by atoms with Crippen molar-refractivity contribution in [2.75, 3.05) is 39.6 Å². The second kappa shape index (κ2) is 70.1. The highest BCUT2D eigenvalue weighted by Crippen LogP contribution is 2.45. The largest absolute Gasteiger partial charge is 0.472 e. The van der Waals surface area contributed by atoms with E-state index in [1.807, 2.05) is 0 Å². The Hall–Kier alpha value is -2.98. The number of esters is 4. The third-order valence-electron chi connectivity index (χ3n) is 17.0. The Morgan fingerprint density at radius 2 is 0.557 bits per heavy atom. The minimum Gasteiger partial charge on any atom is -0.462 e. The third kappa shape index (κ3) is 71.2. The van der Waals surface area contributed by atoms with Crippen molar-refractivity contribution in [1.29, 1.82) is 0 Å². The Bertz CT molecular complexity index is 2050. The molecule has 5 atom stereocenters. The maximum atomic E-state index is 13.1. The van der Waals surface area contributed by atoms with Crippen LogP contribution >= 0.6 is 15.6 Å². The van der Waals surface area contributed by atoms with Crippen LogP contribution in [0.15, 0.2) is 48.6 Å². The van der Waals surface area contributed by atoms with Crippen LogP contribution in [0.2, 0.25) is 0 Å². The van der Waals surface area contributed by atoms with E-state index in [2.05, 4.69) is 83.2 Å². The van der Waals surface area contributed by atoms with E-state index in [0.29, 0.717) is 31.6 Å². The van der Waals surface area contributed by atoms with E-state index in [1.165, 1.54) is 148 Å². The number of carbonyl (C=O) groups is 4. The Balaban J connectivity index is 5.31. The lowest BCUT2D eigenvalue weighted by Gasteiger charge is -2.21. The van der Waals surface area contributed by atoms with Crippen molar-refractivity contribution < 1.29 is 80.2 Å². The summed E-state index contributed by atoms with van der Waals surface area (Å²) in [4.78, 5) is 72.8. The van der Waals surface area contributed by atoms with E-state index in [9.17, 15) is 43.2 Å². The van der Waals surface area contributed by atoms with Crippen molar-refractivity contribution >= 4 is 39.5 Å². The first-order valence-electron chi connectivity index (χ1n) is 39.3. The number of ether oxygens (including phenoxy) is 4. The molecule has 0 saturated carbocycles. The Labute approximate surface area is 591 Å². The SMILES string of the molecule is CCCCCC/C=C\C=C/CCCCCCCC(=O)OC[C@H](COP(=O)(O)OC[C@@H](O)COP(=O)(O)OC[C@@H](COC(=O)CCCCCCCCCC(C)C)OC(=O)CCCCCCC/C=C\C=C/CCCCCC)OC(=O)CCCCCCCCCCCCCCCCCCC. The Morgan fingerprint density at radius 1 is 0.320 bits per heavy atom. The molecular weight excluding hydrogens is 1270 g/mol. The van der Waals surface area contributed by atoms with Gasteiger partial charge in [-0.3, -0.25) is 37.3 Å². The third-order valence-corrected chi connectivity index (χ3v) is 18.9. The van der Waals surface area contributed by atoms with E-state index < -0.39 is 97.5 Å². The van der Waals surface area contributed by atoms with Crippen LogP contribution in [0.4, 0.5) is 0 Å². The number of phosphoric acid groups is 2. The highest BCUT2D eigenvalue weighted by molar-refractivity contribution is 7.47. The first-order chi connectivity index (χ1) is 47.0. The molecule has 568 valence electrons. The summed E-state index contributed by atoms with van der Waals surface area (Å²) in [5, 5.41) is 10.6. The van der Waals surface area contributed by atoms with Gasteiger partial charge in [0.15, 0.2) is 12.2 Å². The van der Waals surface area contributed by atoms with Crippen LogP contribution in [0.1, 0.15) is 362 Å². The molecule has 0 spiro atoms. The molecule has 17 nitrogen and oxygen atoms in total. The number of unbranched alkanes of at least 4 members (excludes halogenated alkanes) is 40. The summed E-state index contributed by atoms with van der Waals surface area (Å²) in [6.07, 6.45) is 65.5. The highest BCUT2D eigenvalue weighted by Gasteiger charge is 2.30. The second-order valence-corrected chi connectivity index (χ2v) is 30.1. The molecule has 0 aromatic rings. The van der Waals surface area contributed by atoms with Gasteiger partial charge < -0.3 is 33.8 Å². The quantitative estimate of drug-likeness (QED) is 0.0169. The van der Waals surface area contributed by atoms with E-state index in [4.69, 9.17) is 37.0 Å². The standard InChI is InChI=1S/C78H144O17P2/c1-6-9-12-15-18-21-24-27-30-31-34-37-40-43-48-54-59-64-77(82)94-73(67-88-75(80)61-56-51-46-41-38-35-32-28-25-22-19-16-13-10-7-2)69-92-96(84,85)90-65-72(79)66-91-97(86,87)93-70-74(68-89-76(81)62-57-52-49-44-45-50-55-60-71(4)5)95-78(83)63-58-53-47-42-39-36-33-29-26-23-20-17-14-11-8-3/h22-23,25-26,28-29,32-33,71-74,79H,6-21,24,27,30-31,34-70H2,1-5H3,(H,84,85)(H,86,87)/b25-22-,26-23-,32-28-,33-29-/t72-,73-,74-/m1/s1. The van der Waals surface area contributed by atoms with Crippen LogP contribution in [-0.2, 0) is 65.4 Å². The van der Waals surface area contributed by atoms with E-state index in [1.54, 1.807) is 0 Å². The summed E-state index contributed by atoms with van der Waals surface area (Å²) in [7, 11) is -9.94. The van der Waals surface area contributed by atoms with Gasteiger partial charge in [0, 0.05) is 25.7 Å². The van der Waals surface area contributed by atoms with Gasteiger partial charge in [-0.05, 0) is 83.0 Å². The minimum absolute atomic E-state index is 0.0821. The monoisotopic (exact) mass is 1410 g/mol. The van der Waals surface area contributed by atoms with Crippen molar-refractivity contribution in [3.63, 3.8) is 0 Å². The molecule has 0 bridgehead atoms. The number of hydrogen-bond acceptors (Lipinski definition) is 15. The van der Waals surface area contributed by atoms with Crippen LogP contribution < -0.4 is 0 Å². The normalized spacial score (nSPS) is 14.2. The van der Waals surface area contributed by atoms with Gasteiger partial charge in [-0.25, -0.2) is 9.13 Å². The van der Waals surface area contributed by atoms with Crippen molar-refractivity contribution in [1.82, 2.24) is 0 Å². The van der Waals surface area contributed by atoms with Crippen molar-refractivity contribution in [3.8, 4) is 0 Å². The smallest absolute Gasteiger partial charge is 0.462 e. The molecule has 0 saturated heterocycles. The second-order valence-electron chi connectivity index (χ2n) is 27.2. The van der Waals surface area contributed by atoms with Crippen molar-refractivity contribution in [2.45, 2.75) is 380 Å². The molecule has 0 fully saturated rings. The number of allylic oxidation sites excluding steroid dienone is 8. The summed E-state index contributed by atoms with van der Waals surface area (Å²) in [6.45, 7) is 7.11. The van der Waals surface area contributed by atoms with Crippen LogP contribution in [0.5, 0.6) is 0 Å². The topological polar surface area (TPSA) is 237 Å². The van der Waals surface area contributed by atoms with Gasteiger partial charge in [0.1, 0.15) is 19.3 Å². The fourth-order valence-electron chi connectivity index (χ4n) is 11.0. The molecule has 2 unspecified atom stereocenters. The van der Waals surface area contributed by atoms with Gasteiger partial charge in [0.05, 0.1) is 26.4 Å². The summed E-state index contributed by atoms with van der Waals surface area (Å²) in [5.74, 6) is -1.47. The lowest BCUT2D eigenvalue weighted by molar-refractivity contribution is -0.161. The summed E-state index contributed by atoms with van der Waals surface area (Å²) >= 11 is 0. The number of hydrogen-bond donors (Lipinski definition) is 3. The van der Waals surface area contributed by atoms with Crippen LogP contribution in [0, 0.1) is 5.92 Å². The average molecular weight is 1420 g/mol. The number of rotatable bonds is 74. The van der Waals surface area contributed by atoms with Gasteiger partial charge in [0.2, 0.25) is 0 Å². The predicted octanol–water partition coefficient (Wildman–Crippen LogP) is 22.4. The zero-order valence-corrected chi connectivity index (χ0v) is 64.0. The molecule has 0 aromatic heterocycles. The number of aliphatic hydroxyl groups excluding tert-OH is 1. The molecule has 97 heavy (non-hydrogen) atoms. The van der Waals surface area contributed by atoms with Crippen LogP contribution in [-0.4, -0.2) is 96.7 Å². The van der Waals surface area contributed by atoms with E-state index >= 15 is 0 Å². The Kier molecular flexibility index (Phi) is 67.9. The van der Waals surface area contributed by atoms with Crippen molar-refractivity contribution in [2.24, 2.45) is 5.92 Å². The van der Waals surface area contributed by atoms with Gasteiger partial charge in [-0.1, -0.05) is 308 Å². The van der Waals surface area contributed by atoms with E-state index in [0.717, 1.165) is 128 Å². The lowest BCUT2D eigenvalue weighted by Crippen LogP contribution is -2.30. The van der Waals surface area contributed by atoms with Gasteiger partial charge in [0.25, 0.3) is 0 Å². The van der Waals surface area contributed by atoms with Crippen LogP contribution in [0.3, 0.4) is 0 Å². The Morgan fingerprint density at radius 3 is 0.845 bits per heavy atom. The van der Waals surface area contributed by atoms with Gasteiger partial charge >= 0.3 is 39.5 Å². The molecule has 19 heteroatoms. The van der Waals surface area contributed by atoms with Gasteiger partial charge in [-0.15, -0.1) is 0 Å². The number of phosphoric ester groups is 2. The molecule has 0 radical (unpaired) electrons. The fraction of sp³-hybridized carbons (Fsp3) is 0.846. The van der Waals surface area contributed by atoms with Crippen LogP contribution in [0.25, 0.3) is 0 Å². The molecule has 3 N–H and O–H groups in total. The maximum absolute atomic E-state index is 13.1. The molecule has 0 aliphatic rings. The molecule has 0 rings (SSSR count). The van der Waals surface area contributed by atoms with E-state index in [-0.39, 0.29) is 25.7 Å². The summed E-state index contributed by atoms with van der Waals surface area (Å²) in [6, 6.07) is 0. The maximum Gasteiger partial charge on any atom is 0.472 e. The number of aliphatic hydroxyl groups is 1. The molecule has 0 amide bonds. The molecule has 0 aromatic carbocycles. The summed E-state index contributed by atoms with van der Waals surface area (Å²) < 4.78 is 68.5. The fourth-order valence-corrected chi connectivity index (χ4v) is 12.6. The molecule has 0 aliphatic heterocycles. The van der Waals surface area contributed by atoms with Gasteiger partial charge in [-0.2, -0.15) is 0 Å². The molecule has 0 heterocycles. The first-order valence-corrected chi connectivity index (χ1v) is 42.3. The number of carbonyl (C=O) groups excluding carboxylic acids is 4. The summed E-state index contributed by atoms with van der Waals surface area (Å²) in [5.41, 5.74) is 0. The highest BCUT2D eigenvalue weighted by atomic mass is 31.2. The zero-order valence-electron chi connectivity index (χ0n) is 62.2. The average Bonchev–Trinajstić information content (AvgIpc) is 1.08. The lowest BCUT2D eigenvalue weighted by atomic mass is 10.0. The first kappa shape index (κ1) is 94.0. The zero-order chi connectivity index (χ0) is 71.2.